The Morgan fingerprint density at radius 3 is 2.50 bits per heavy atom. The molecular weight excluding hydrogens is 172 g/mol. The third kappa shape index (κ3) is 1.82. The number of rotatable bonds is 1. The van der Waals surface area contributed by atoms with E-state index in [4.69, 9.17) is 5.73 Å². The number of hydrogen-bond acceptors (Lipinski definition) is 2. The van der Waals surface area contributed by atoms with Crippen molar-refractivity contribution in [2.75, 3.05) is 0 Å². The van der Waals surface area contributed by atoms with Gasteiger partial charge in [0, 0.05) is 12.1 Å². The molecule has 14 heavy (non-hydrogen) atoms. The van der Waals surface area contributed by atoms with Crippen LogP contribution in [0.4, 0.5) is 0 Å². The Morgan fingerprint density at radius 2 is 1.79 bits per heavy atom. The van der Waals surface area contributed by atoms with Gasteiger partial charge in [0.2, 0.25) is 0 Å². The highest BCUT2D eigenvalue weighted by atomic mass is 15.3. The molecule has 0 aromatic heterocycles. The first kappa shape index (κ1) is 10.4. The number of likely N-dealkylation sites (tertiary alicyclic amines) is 1. The van der Waals surface area contributed by atoms with Crippen LogP contribution in [0.3, 0.4) is 0 Å². The van der Waals surface area contributed by atoms with Gasteiger partial charge in [-0.3, -0.25) is 4.90 Å². The van der Waals surface area contributed by atoms with Crippen molar-refractivity contribution >= 4 is 0 Å². The van der Waals surface area contributed by atoms with Crippen molar-refractivity contribution in [1.82, 2.24) is 4.90 Å². The van der Waals surface area contributed by atoms with Crippen LogP contribution in [0.2, 0.25) is 0 Å². The van der Waals surface area contributed by atoms with Gasteiger partial charge in [-0.1, -0.05) is 12.8 Å². The third-order valence-electron chi connectivity index (χ3n) is 4.06. The van der Waals surface area contributed by atoms with Crippen molar-refractivity contribution in [1.29, 1.82) is 0 Å². The minimum atomic E-state index is 0.328. The lowest BCUT2D eigenvalue weighted by Crippen LogP contribution is -2.58. The summed E-state index contributed by atoms with van der Waals surface area (Å²) < 4.78 is 0. The predicted octanol–water partition coefficient (Wildman–Crippen LogP) is 2.33. The molecular formula is C12H24N2. The summed E-state index contributed by atoms with van der Waals surface area (Å²) in [5.41, 5.74) is 6.21. The molecule has 0 radical (unpaired) electrons. The Bertz CT molecular complexity index is 191. The smallest absolute Gasteiger partial charge is 0.0576 e. The molecule has 1 saturated heterocycles. The molecule has 3 unspecified atom stereocenters. The van der Waals surface area contributed by atoms with Crippen molar-refractivity contribution in [3.05, 3.63) is 0 Å². The van der Waals surface area contributed by atoms with Crippen LogP contribution in [0.25, 0.3) is 0 Å². The van der Waals surface area contributed by atoms with E-state index in [2.05, 4.69) is 18.7 Å². The van der Waals surface area contributed by atoms with Crippen LogP contribution in [-0.2, 0) is 0 Å². The number of nitrogens with zero attached hydrogens (tertiary/aromatic N) is 1. The maximum absolute atomic E-state index is 6.21. The van der Waals surface area contributed by atoms with E-state index in [1.54, 1.807) is 0 Å². The highest BCUT2D eigenvalue weighted by Crippen LogP contribution is 2.37. The molecule has 0 aromatic carbocycles. The summed E-state index contributed by atoms with van der Waals surface area (Å²) in [6.45, 7) is 4.58. The SMILES string of the molecule is CC(C)N1C(N)CCC2CCCCC21. The first-order chi connectivity index (χ1) is 6.70. The van der Waals surface area contributed by atoms with Gasteiger partial charge in [0.25, 0.3) is 0 Å². The first-order valence-corrected chi connectivity index (χ1v) is 6.23. The maximum atomic E-state index is 6.21. The van der Waals surface area contributed by atoms with Gasteiger partial charge in [0.05, 0.1) is 6.17 Å². The molecule has 2 rings (SSSR count). The molecule has 2 fully saturated rings. The fourth-order valence-corrected chi connectivity index (χ4v) is 3.46. The maximum Gasteiger partial charge on any atom is 0.0576 e. The van der Waals surface area contributed by atoms with Crippen molar-refractivity contribution in [2.24, 2.45) is 11.7 Å². The zero-order valence-electron chi connectivity index (χ0n) is 9.58. The summed E-state index contributed by atoms with van der Waals surface area (Å²) in [6, 6.07) is 1.42. The van der Waals surface area contributed by atoms with Crippen molar-refractivity contribution in [2.45, 2.75) is 70.6 Å². The standard InChI is InChI=1S/C12H24N2/c1-9(2)14-11-6-4-3-5-10(11)7-8-12(14)13/h9-12H,3-8,13H2,1-2H3. The molecule has 2 aliphatic rings. The summed E-state index contributed by atoms with van der Waals surface area (Å²) in [7, 11) is 0. The van der Waals surface area contributed by atoms with E-state index in [1.165, 1.54) is 38.5 Å². The van der Waals surface area contributed by atoms with Crippen molar-refractivity contribution < 1.29 is 0 Å². The minimum absolute atomic E-state index is 0.328. The number of piperidine rings is 1. The molecule has 3 atom stereocenters. The van der Waals surface area contributed by atoms with Crippen LogP contribution in [0.1, 0.15) is 52.4 Å². The molecule has 1 aliphatic heterocycles. The Labute approximate surface area is 87.8 Å². The van der Waals surface area contributed by atoms with Gasteiger partial charge in [-0.05, 0) is 45.4 Å². The van der Waals surface area contributed by atoms with Crippen molar-refractivity contribution in [3.63, 3.8) is 0 Å². The highest BCUT2D eigenvalue weighted by molar-refractivity contribution is 4.91. The van der Waals surface area contributed by atoms with Gasteiger partial charge < -0.3 is 5.73 Å². The third-order valence-corrected chi connectivity index (χ3v) is 4.06. The molecule has 0 spiro atoms. The summed E-state index contributed by atoms with van der Waals surface area (Å²) >= 11 is 0. The lowest BCUT2D eigenvalue weighted by molar-refractivity contribution is -0.00563. The molecule has 1 saturated carbocycles. The Kier molecular flexibility index (Phi) is 3.13. The van der Waals surface area contributed by atoms with Gasteiger partial charge in [-0.15, -0.1) is 0 Å². The largest absolute Gasteiger partial charge is 0.316 e. The van der Waals surface area contributed by atoms with E-state index >= 15 is 0 Å². The zero-order valence-corrected chi connectivity index (χ0v) is 9.58. The lowest BCUT2D eigenvalue weighted by Gasteiger charge is -2.49. The van der Waals surface area contributed by atoms with E-state index in [-0.39, 0.29) is 0 Å². The second-order valence-electron chi connectivity index (χ2n) is 5.30. The molecule has 1 heterocycles. The monoisotopic (exact) mass is 196 g/mol. The van der Waals surface area contributed by atoms with Gasteiger partial charge in [0.15, 0.2) is 0 Å². The van der Waals surface area contributed by atoms with E-state index in [1.807, 2.05) is 0 Å². The number of hydrogen-bond donors (Lipinski definition) is 1. The van der Waals surface area contributed by atoms with Crippen LogP contribution in [0.15, 0.2) is 0 Å². The number of fused-ring (bicyclic) bond motifs is 1. The molecule has 0 amide bonds. The summed E-state index contributed by atoms with van der Waals surface area (Å²) in [5, 5.41) is 0. The molecule has 82 valence electrons. The van der Waals surface area contributed by atoms with Gasteiger partial charge >= 0.3 is 0 Å². The summed E-state index contributed by atoms with van der Waals surface area (Å²) in [4.78, 5) is 2.58. The Balaban J connectivity index is 2.09. The zero-order chi connectivity index (χ0) is 10.1. The predicted molar refractivity (Wildman–Crippen MR) is 59.9 cm³/mol. The molecule has 0 bridgehead atoms. The fraction of sp³-hybridized carbons (Fsp3) is 1.00. The van der Waals surface area contributed by atoms with Gasteiger partial charge in [-0.25, -0.2) is 0 Å². The minimum Gasteiger partial charge on any atom is -0.316 e. The van der Waals surface area contributed by atoms with Crippen LogP contribution in [0.5, 0.6) is 0 Å². The van der Waals surface area contributed by atoms with Crippen LogP contribution in [-0.4, -0.2) is 23.1 Å². The molecule has 0 aromatic rings. The van der Waals surface area contributed by atoms with Crippen LogP contribution in [0, 0.1) is 5.92 Å². The second-order valence-corrected chi connectivity index (χ2v) is 5.30. The van der Waals surface area contributed by atoms with E-state index in [0.717, 1.165) is 12.0 Å². The van der Waals surface area contributed by atoms with Crippen LogP contribution >= 0.6 is 0 Å². The van der Waals surface area contributed by atoms with E-state index in [0.29, 0.717) is 12.2 Å². The Morgan fingerprint density at radius 1 is 1.07 bits per heavy atom. The van der Waals surface area contributed by atoms with Gasteiger partial charge in [0.1, 0.15) is 0 Å². The molecule has 2 heteroatoms. The summed E-state index contributed by atoms with van der Waals surface area (Å²) in [6.07, 6.45) is 8.60. The average Bonchev–Trinajstić information content (AvgIpc) is 2.17. The molecule has 2 N–H and O–H groups in total. The molecule has 1 aliphatic carbocycles. The lowest BCUT2D eigenvalue weighted by atomic mass is 9.77. The van der Waals surface area contributed by atoms with Crippen LogP contribution < -0.4 is 5.73 Å². The first-order valence-electron chi connectivity index (χ1n) is 6.23. The number of nitrogens with two attached hydrogens (primary N) is 1. The van der Waals surface area contributed by atoms with Gasteiger partial charge in [-0.2, -0.15) is 0 Å². The highest BCUT2D eigenvalue weighted by Gasteiger charge is 2.37. The fourth-order valence-electron chi connectivity index (χ4n) is 3.46. The Hall–Kier alpha value is -0.0800. The second kappa shape index (κ2) is 4.19. The normalized spacial score (nSPS) is 39.9. The summed E-state index contributed by atoms with van der Waals surface area (Å²) in [5.74, 6) is 0.950. The topological polar surface area (TPSA) is 29.3 Å². The van der Waals surface area contributed by atoms with Crippen molar-refractivity contribution in [3.8, 4) is 0 Å². The molecule has 2 nitrogen and oxygen atoms in total. The van der Waals surface area contributed by atoms with E-state index < -0.39 is 0 Å². The average molecular weight is 196 g/mol. The quantitative estimate of drug-likeness (QED) is 0.697. The van der Waals surface area contributed by atoms with E-state index in [9.17, 15) is 0 Å².